The van der Waals surface area contributed by atoms with Gasteiger partial charge in [0.1, 0.15) is 37.7 Å². The van der Waals surface area contributed by atoms with Gasteiger partial charge in [0.15, 0.2) is 0 Å². The van der Waals surface area contributed by atoms with Gasteiger partial charge in [0, 0.05) is 6.42 Å². The van der Waals surface area contributed by atoms with Gasteiger partial charge in [-0.3, -0.25) is 0 Å². The minimum atomic E-state index is -2.15. The van der Waals surface area contributed by atoms with Gasteiger partial charge in [0.25, 0.3) is 0 Å². The zero-order valence-corrected chi connectivity index (χ0v) is 49.0. The molecular weight excluding hydrogens is 809 g/mol. The van der Waals surface area contributed by atoms with E-state index in [1.807, 2.05) is 0 Å². The summed E-state index contributed by atoms with van der Waals surface area (Å²) in [6.07, 6.45) is 8.75. The third kappa shape index (κ3) is 11.6. The van der Waals surface area contributed by atoms with Gasteiger partial charge in [-0.1, -0.05) is 238 Å². The topological polar surface area (TPSA) is 0 Å². The van der Waals surface area contributed by atoms with Crippen LogP contribution >= 0.6 is 0 Å². The Balaban J connectivity index is 3.60. The Kier molecular flexibility index (Phi) is 20.1. The predicted octanol–water partition coefficient (Wildman–Crippen LogP) is 18.3. The minimum absolute atomic E-state index is 0.523. The second-order valence-electron chi connectivity index (χ2n) is 23.5. The molecule has 0 aliphatic heterocycles. The van der Waals surface area contributed by atoms with Crippen LogP contribution in [0.1, 0.15) is 185 Å². The first-order valence-corrected chi connectivity index (χ1v) is 34.1. The van der Waals surface area contributed by atoms with Crippen molar-refractivity contribution in [2.24, 2.45) is 10.8 Å². The highest BCUT2D eigenvalue weighted by Crippen LogP contribution is 2.50. The molecule has 0 fully saturated rings. The van der Waals surface area contributed by atoms with Crippen LogP contribution in [0, 0.1) is 56.7 Å². The smallest absolute Gasteiger partial charge is 0.129 e. The van der Waals surface area contributed by atoms with Crippen LogP contribution in [0.15, 0.2) is 48.1 Å². The largest absolute Gasteiger partial charge is 0.146 e. The van der Waals surface area contributed by atoms with Crippen LogP contribution in [0.5, 0.6) is 0 Å². The molecule has 0 amide bonds. The lowest BCUT2D eigenvalue weighted by Crippen LogP contribution is -2.45. The molecule has 2 rings (SSSR count). The number of hydrogen-bond acceptors (Lipinski definition) is 0. The molecule has 0 nitrogen and oxygen atoms in total. The molecule has 344 valence electrons. The highest BCUT2D eigenvalue weighted by molar-refractivity contribution is 6.92. The van der Waals surface area contributed by atoms with Gasteiger partial charge in [0.05, 0.1) is 5.41 Å². The zero-order chi connectivity index (χ0) is 47.8. The van der Waals surface area contributed by atoms with Gasteiger partial charge in [-0.15, -0.1) is 22.2 Å². The minimum Gasteiger partial charge on any atom is -0.129 e. The van der Waals surface area contributed by atoms with Crippen molar-refractivity contribution >= 4 is 38.4 Å². The summed E-state index contributed by atoms with van der Waals surface area (Å²) < 4.78 is 0. The number of hydrogen-bond donors (Lipinski definition) is 0. The highest BCUT2D eigenvalue weighted by atomic mass is 28.3. The summed E-state index contributed by atoms with van der Waals surface area (Å²) in [7, 11) is -8.57. The van der Waals surface area contributed by atoms with Crippen LogP contribution in [0.4, 0.5) is 0 Å². The molecule has 1 aliphatic rings. The molecule has 0 bridgehead atoms. The summed E-state index contributed by atoms with van der Waals surface area (Å²) in [5, 5.41) is 0. The Morgan fingerprint density at radius 2 is 0.661 bits per heavy atom. The van der Waals surface area contributed by atoms with Gasteiger partial charge in [-0.25, -0.2) is 0 Å². The van der Waals surface area contributed by atoms with Gasteiger partial charge in [0.2, 0.25) is 0 Å². The number of rotatable bonds is 14. The molecule has 0 N–H and O–H groups in total. The van der Waals surface area contributed by atoms with Crippen molar-refractivity contribution in [1.82, 2.24) is 0 Å². The van der Waals surface area contributed by atoms with E-state index in [0.29, 0.717) is 66.5 Å². The Labute approximate surface area is 392 Å². The molecule has 0 atom stereocenters. The van der Waals surface area contributed by atoms with Crippen LogP contribution in [-0.2, 0) is 0 Å². The van der Waals surface area contributed by atoms with Crippen molar-refractivity contribution in [3.05, 3.63) is 53.6 Å². The molecule has 1 aliphatic carbocycles. The van der Waals surface area contributed by atoms with E-state index in [-0.39, 0.29) is 0 Å². The molecule has 1 aromatic rings. The Bertz CT molecular complexity index is 1730. The molecule has 4 heteroatoms. The standard InChI is InChI=1S/C58H96Si4/c1-43(2)59(44(3)4,45(5)6)36-32-57(33-37-60(46(7)8,47(9)10)48(11)12)40-56(31-30-55-28-26-25-27-29-55)41-58(42-57,34-38-61(49(13)14,50(15)16)51(17)18)35-39-62(52(19)20,53(21)22)54(23)24/h25-31,40,43-54H,41-42H2,1-24H3. The summed E-state index contributed by atoms with van der Waals surface area (Å²) in [4.78, 5) is 0. The molecule has 0 spiro atoms. The van der Waals surface area contributed by atoms with Crippen LogP contribution in [0.2, 0.25) is 66.5 Å². The lowest BCUT2D eigenvalue weighted by molar-refractivity contribution is 0.383. The van der Waals surface area contributed by atoms with E-state index in [1.54, 1.807) is 0 Å². The summed E-state index contributed by atoms with van der Waals surface area (Å²) in [6.45, 7) is 58.7. The van der Waals surface area contributed by atoms with E-state index < -0.39 is 43.1 Å². The second-order valence-corrected chi connectivity index (χ2v) is 45.8. The van der Waals surface area contributed by atoms with Crippen molar-refractivity contribution in [2.45, 2.75) is 246 Å². The predicted molar refractivity (Wildman–Crippen MR) is 293 cm³/mol. The molecule has 1 aromatic carbocycles. The van der Waals surface area contributed by atoms with Crippen LogP contribution < -0.4 is 0 Å². The molecule has 0 saturated heterocycles. The lowest BCUT2D eigenvalue weighted by Gasteiger charge is -2.42. The SMILES string of the molecule is CC(C)[Si](C#CC1(C#C[Si](C(C)C)(C(C)C)C(C)C)C=C(C=Cc2ccccc2)CC(C#C[Si](C(C)C)(C(C)C)C(C)C)(C#C[Si](C(C)C)(C(C)C)C(C)C)C1)(C(C)C)C(C)C. The molecule has 0 saturated carbocycles. The fourth-order valence-corrected chi connectivity index (χ4v) is 34.5. The van der Waals surface area contributed by atoms with Crippen LogP contribution in [-0.4, -0.2) is 32.3 Å². The van der Waals surface area contributed by atoms with Crippen molar-refractivity contribution in [3.63, 3.8) is 0 Å². The van der Waals surface area contributed by atoms with E-state index in [0.717, 1.165) is 12.8 Å². The molecule has 0 radical (unpaired) electrons. The first-order valence-electron chi connectivity index (χ1n) is 25.1. The lowest BCUT2D eigenvalue weighted by atomic mass is 9.64. The Hall–Kier alpha value is -2.19. The van der Waals surface area contributed by atoms with Gasteiger partial charge in [-0.05, 0) is 84.1 Å². The van der Waals surface area contributed by atoms with E-state index in [4.69, 9.17) is 0 Å². The molecular formula is C58H96Si4. The van der Waals surface area contributed by atoms with Crippen molar-refractivity contribution in [1.29, 1.82) is 0 Å². The summed E-state index contributed by atoms with van der Waals surface area (Å²) >= 11 is 0. The van der Waals surface area contributed by atoms with E-state index >= 15 is 0 Å². The average Bonchev–Trinajstić information content (AvgIpc) is 3.13. The van der Waals surface area contributed by atoms with Crippen molar-refractivity contribution in [2.75, 3.05) is 0 Å². The van der Waals surface area contributed by atoms with Crippen LogP contribution in [0.25, 0.3) is 6.08 Å². The maximum absolute atomic E-state index is 4.32. The molecule has 62 heavy (non-hydrogen) atoms. The quantitative estimate of drug-likeness (QED) is 0.129. The van der Waals surface area contributed by atoms with Gasteiger partial charge >= 0.3 is 0 Å². The normalized spacial score (nSPS) is 16.2. The third-order valence-corrected chi connectivity index (χ3v) is 41.5. The average molecular weight is 906 g/mol. The van der Waals surface area contributed by atoms with Crippen LogP contribution in [0.3, 0.4) is 0 Å². The monoisotopic (exact) mass is 905 g/mol. The summed E-state index contributed by atoms with van der Waals surface area (Å²) in [5.74, 6) is 17.1. The maximum atomic E-state index is 4.32. The van der Waals surface area contributed by atoms with Crippen molar-refractivity contribution < 1.29 is 0 Å². The summed E-state index contributed by atoms with van der Waals surface area (Å²) in [6, 6.07) is 10.8. The second kappa shape index (κ2) is 22.3. The summed E-state index contributed by atoms with van der Waals surface area (Å²) in [5.41, 5.74) is 24.8. The fourth-order valence-electron chi connectivity index (χ4n) is 13.2. The number of allylic oxidation sites excluding steroid dienone is 3. The van der Waals surface area contributed by atoms with Crippen molar-refractivity contribution in [3.8, 4) is 45.9 Å². The Morgan fingerprint density at radius 1 is 0.387 bits per heavy atom. The fraction of sp³-hybridized carbons (Fsp3) is 0.690. The first kappa shape index (κ1) is 55.9. The van der Waals surface area contributed by atoms with E-state index in [9.17, 15) is 0 Å². The molecule has 0 aromatic heterocycles. The Morgan fingerprint density at radius 3 is 0.935 bits per heavy atom. The maximum Gasteiger partial charge on any atom is 0.146 e. The molecule has 0 unspecified atom stereocenters. The first-order chi connectivity index (χ1) is 28.5. The van der Waals surface area contributed by atoms with E-state index in [2.05, 4.69) is 261 Å². The highest BCUT2D eigenvalue weighted by Gasteiger charge is 2.49. The molecule has 0 heterocycles. The van der Waals surface area contributed by atoms with Gasteiger partial charge < -0.3 is 0 Å². The zero-order valence-electron chi connectivity index (χ0n) is 45.0. The third-order valence-electron chi connectivity index (χ3n) is 16.3. The number of benzene rings is 1. The van der Waals surface area contributed by atoms with E-state index in [1.165, 1.54) is 11.1 Å². The van der Waals surface area contributed by atoms with Gasteiger partial charge in [-0.2, -0.15) is 0 Å².